The summed E-state index contributed by atoms with van der Waals surface area (Å²) < 4.78 is 6.76. The fourth-order valence-corrected chi connectivity index (χ4v) is 2.92. The van der Waals surface area contributed by atoms with Crippen LogP contribution in [0.1, 0.15) is 34.5 Å². The van der Waals surface area contributed by atoms with Crippen molar-refractivity contribution in [2.24, 2.45) is 0 Å². The average Bonchev–Trinajstić information content (AvgIpc) is 3.21. The Morgan fingerprint density at radius 2 is 1.90 bits per heavy atom. The molecule has 0 spiro atoms. The lowest BCUT2D eigenvalue weighted by molar-refractivity contribution is -0.124. The van der Waals surface area contributed by atoms with E-state index in [0.29, 0.717) is 22.2 Å². The molecule has 150 valence electrons. The maximum atomic E-state index is 12.2. The van der Waals surface area contributed by atoms with Crippen LogP contribution in [0.3, 0.4) is 0 Å². The van der Waals surface area contributed by atoms with Gasteiger partial charge in [0.25, 0.3) is 5.91 Å². The minimum atomic E-state index is -0.574. The summed E-state index contributed by atoms with van der Waals surface area (Å²) in [6, 6.07) is 11.7. The van der Waals surface area contributed by atoms with Crippen molar-refractivity contribution in [3.8, 4) is 0 Å². The van der Waals surface area contributed by atoms with Gasteiger partial charge in [0.1, 0.15) is 12.7 Å². The largest absolute Gasteiger partial charge is 0.452 e. The van der Waals surface area contributed by atoms with Crippen LogP contribution in [0.2, 0.25) is 10.0 Å². The van der Waals surface area contributed by atoms with Gasteiger partial charge in [0.2, 0.25) is 0 Å². The Morgan fingerprint density at radius 3 is 2.55 bits per heavy atom. The fraction of sp³-hybridized carbons (Fsp3) is 0.200. The minimum Gasteiger partial charge on any atom is -0.452 e. The zero-order chi connectivity index (χ0) is 20.8. The van der Waals surface area contributed by atoms with Gasteiger partial charge in [0, 0.05) is 0 Å². The van der Waals surface area contributed by atoms with Gasteiger partial charge in [-0.05, 0) is 42.3 Å². The van der Waals surface area contributed by atoms with E-state index in [9.17, 15) is 9.59 Å². The third-order valence-corrected chi connectivity index (χ3v) is 4.90. The standard InChI is InChI=1S/C20H18Cl2N4O3/c1-13(16-6-7-17(21)18(22)8-16)25-19(27)10-29-20(28)15-4-2-14(3-5-15)9-26-12-23-11-24-26/h2-8,11-13H,9-10H2,1H3,(H,25,27). The van der Waals surface area contributed by atoms with E-state index >= 15 is 0 Å². The van der Waals surface area contributed by atoms with Gasteiger partial charge >= 0.3 is 5.97 Å². The molecule has 0 aliphatic heterocycles. The van der Waals surface area contributed by atoms with Crippen molar-refractivity contribution in [1.29, 1.82) is 0 Å². The number of amides is 1. The lowest BCUT2D eigenvalue weighted by atomic mass is 10.1. The number of hydrogen-bond donors (Lipinski definition) is 1. The van der Waals surface area contributed by atoms with Gasteiger partial charge < -0.3 is 10.1 Å². The first kappa shape index (κ1) is 20.8. The lowest BCUT2D eigenvalue weighted by Crippen LogP contribution is -2.31. The van der Waals surface area contributed by atoms with Crippen LogP contribution < -0.4 is 5.32 Å². The van der Waals surface area contributed by atoms with Crippen LogP contribution in [-0.2, 0) is 16.1 Å². The van der Waals surface area contributed by atoms with Crippen LogP contribution in [0.5, 0.6) is 0 Å². The Balaban J connectivity index is 1.49. The van der Waals surface area contributed by atoms with E-state index in [1.54, 1.807) is 60.4 Å². The number of nitrogens with one attached hydrogen (secondary N) is 1. The second-order valence-electron chi connectivity index (χ2n) is 6.33. The van der Waals surface area contributed by atoms with Crippen LogP contribution >= 0.6 is 23.2 Å². The Labute approximate surface area is 177 Å². The summed E-state index contributed by atoms with van der Waals surface area (Å²) in [5.74, 6) is -0.991. The summed E-state index contributed by atoms with van der Waals surface area (Å²) in [5.41, 5.74) is 2.11. The molecule has 2 aromatic carbocycles. The first-order chi connectivity index (χ1) is 13.9. The summed E-state index contributed by atoms with van der Waals surface area (Å²) in [5, 5.41) is 7.62. The van der Waals surface area contributed by atoms with Gasteiger partial charge in [-0.25, -0.2) is 14.5 Å². The molecule has 9 heteroatoms. The predicted molar refractivity (Wildman–Crippen MR) is 109 cm³/mol. The van der Waals surface area contributed by atoms with Crippen molar-refractivity contribution >= 4 is 35.1 Å². The maximum absolute atomic E-state index is 12.2. The average molecular weight is 433 g/mol. The molecule has 1 N–H and O–H groups in total. The van der Waals surface area contributed by atoms with Crippen molar-refractivity contribution < 1.29 is 14.3 Å². The third-order valence-electron chi connectivity index (χ3n) is 4.16. The molecule has 1 heterocycles. The van der Waals surface area contributed by atoms with E-state index in [4.69, 9.17) is 27.9 Å². The molecule has 0 aliphatic rings. The summed E-state index contributed by atoms with van der Waals surface area (Å²) in [6.07, 6.45) is 3.07. The highest BCUT2D eigenvalue weighted by Gasteiger charge is 2.14. The number of ether oxygens (including phenoxy) is 1. The highest BCUT2D eigenvalue weighted by atomic mass is 35.5. The number of hydrogen-bond acceptors (Lipinski definition) is 5. The molecule has 7 nitrogen and oxygen atoms in total. The molecule has 3 rings (SSSR count). The zero-order valence-corrected chi connectivity index (χ0v) is 17.0. The monoisotopic (exact) mass is 432 g/mol. The molecule has 1 unspecified atom stereocenters. The number of carbonyl (C=O) groups is 2. The second-order valence-corrected chi connectivity index (χ2v) is 7.14. The van der Waals surface area contributed by atoms with Gasteiger partial charge in [0.15, 0.2) is 6.61 Å². The second kappa shape index (κ2) is 9.54. The molecule has 0 fully saturated rings. The SMILES string of the molecule is CC(NC(=O)COC(=O)c1ccc(Cn2cncn2)cc1)c1ccc(Cl)c(Cl)c1. The number of carbonyl (C=O) groups excluding carboxylic acids is 2. The summed E-state index contributed by atoms with van der Waals surface area (Å²) in [4.78, 5) is 28.1. The van der Waals surface area contributed by atoms with Gasteiger partial charge in [-0.2, -0.15) is 5.10 Å². The van der Waals surface area contributed by atoms with E-state index in [2.05, 4.69) is 15.4 Å². The minimum absolute atomic E-state index is 0.313. The maximum Gasteiger partial charge on any atom is 0.338 e. The number of esters is 1. The van der Waals surface area contributed by atoms with E-state index in [0.717, 1.165) is 11.1 Å². The molecule has 0 bridgehead atoms. The van der Waals surface area contributed by atoms with Crippen LogP contribution in [0.15, 0.2) is 55.1 Å². The quantitative estimate of drug-likeness (QED) is 0.575. The van der Waals surface area contributed by atoms with Crippen molar-refractivity contribution in [1.82, 2.24) is 20.1 Å². The Hall–Kier alpha value is -2.90. The van der Waals surface area contributed by atoms with Crippen molar-refractivity contribution in [2.75, 3.05) is 6.61 Å². The van der Waals surface area contributed by atoms with E-state index < -0.39 is 11.9 Å². The Kier molecular flexibility index (Phi) is 6.85. The third kappa shape index (κ3) is 5.79. The van der Waals surface area contributed by atoms with Gasteiger partial charge in [-0.15, -0.1) is 0 Å². The molecule has 1 amide bonds. The molecule has 0 saturated carbocycles. The molecule has 1 atom stereocenters. The normalized spacial score (nSPS) is 11.7. The van der Waals surface area contributed by atoms with E-state index in [1.165, 1.54) is 6.33 Å². The Bertz CT molecular complexity index is 991. The zero-order valence-electron chi connectivity index (χ0n) is 15.5. The number of benzene rings is 2. The van der Waals surface area contributed by atoms with Crippen LogP contribution in [0, 0.1) is 0 Å². The molecular weight excluding hydrogens is 415 g/mol. The molecular formula is C20H18Cl2N4O3. The number of halogens is 2. The molecule has 0 aliphatic carbocycles. The molecule has 3 aromatic rings. The predicted octanol–water partition coefficient (Wildman–Crippen LogP) is 3.67. The van der Waals surface area contributed by atoms with E-state index in [-0.39, 0.29) is 12.6 Å². The van der Waals surface area contributed by atoms with Crippen LogP contribution in [0.25, 0.3) is 0 Å². The topological polar surface area (TPSA) is 86.1 Å². The van der Waals surface area contributed by atoms with Gasteiger partial charge in [-0.1, -0.05) is 41.4 Å². The van der Waals surface area contributed by atoms with Crippen molar-refractivity contribution in [3.63, 3.8) is 0 Å². The van der Waals surface area contributed by atoms with Crippen molar-refractivity contribution in [2.45, 2.75) is 19.5 Å². The van der Waals surface area contributed by atoms with Gasteiger partial charge in [-0.3, -0.25) is 4.79 Å². The number of aromatic nitrogens is 3. The number of rotatable bonds is 7. The lowest BCUT2D eigenvalue weighted by Gasteiger charge is -2.15. The molecule has 0 radical (unpaired) electrons. The Morgan fingerprint density at radius 1 is 1.14 bits per heavy atom. The van der Waals surface area contributed by atoms with Crippen molar-refractivity contribution in [3.05, 3.63) is 81.9 Å². The summed E-state index contributed by atoms with van der Waals surface area (Å²) in [6.45, 7) is 1.96. The van der Waals surface area contributed by atoms with Gasteiger partial charge in [0.05, 0.1) is 28.2 Å². The summed E-state index contributed by atoms with van der Waals surface area (Å²) in [7, 11) is 0. The smallest absolute Gasteiger partial charge is 0.338 e. The highest BCUT2D eigenvalue weighted by molar-refractivity contribution is 6.42. The first-order valence-corrected chi connectivity index (χ1v) is 9.51. The first-order valence-electron chi connectivity index (χ1n) is 8.75. The summed E-state index contributed by atoms with van der Waals surface area (Å²) >= 11 is 11.9. The van der Waals surface area contributed by atoms with E-state index in [1.807, 2.05) is 0 Å². The van der Waals surface area contributed by atoms with Crippen LogP contribution in [0.4, 0.5) is 0 Å². The molecule has 1 aromatic heterocycles. The van der Waals surface area contributed by atoms with Crippen LogP contribution in [-0.4, -0.2) is 33.2 Å². The number of nitrogens with zero attached hydrogens (tertiary/aromatic N) is 3. The fourth-order valence-electron chi connectivity index (χ4n) is 2.61. The highest BCUT2D eigenvalue weighted by Crippen LogP contribution is 2.25. The molecule has 0 saturated heterocycles. The molecule has 29 heavy (non-hydrogen) atoms.